The van der Waals surface area contributed by atoms with Crippen molar-refractivity contribution in [3.8, 4) is 0 Å². The molecule has 1 amide bonds. The number of aromatic nitrogens is 1. The van der Waals surface area contributed by atoms with Crippen LogP contribution in [0.2, 0.25) is 0 Å². The number of para-hydroxylation sites is 1. The monoisotopic (exact) mass is 480 g/mol. The summed E-state index contributed by atoms with van der Waals surface area (Å²) in [4.78, 5) is 31.0. The number of amides is 1. The van der Waals surface area contributed by atoms with Gasteiger partial charge in [-0.3, -0.25) is 14.5 Å². The molecule has 0 spiro atoms. The SMILES string of the molecule is O=C1C(=O)N(c2ccc(F)c(F)c2)C(c2cccc3ccccc23)/C1=C(\O)c1c[nH]c2ccccc12. The first-order chi connectivity index (χ1) is 17.5. The topological polar surface area (TPSA) is 73.4 Å². The summed E-state index contributed by atoms with van der Waals surface area (Å²) in [5, 5.41) is 13.8. The standard InChI is InChI=1S/C29H18F2N2O3/c30-22-13-12-17(14-23(22)31)33-26(20-10-5-7-16-6-1-2-8-18(16)20)25(28(35)29(33)36)27(34)21-15-32-24-11-4-3-9-19(21)24/h1-15,26,32,34H/b27-25+. The quantitative estimate of drug-likeness (QED) is 0.183. The normalized spacial score (nSPS) is 17.4. The third-order valence-electron chi connectivity index (χ3n) is 6.59. The molecular weight excluding hydrogens is 462 g/mol. The minimum absolute atomic E-state index is 0.00640. The van der Waals surface area contributed by atoms with Crippen LogP contribution in [-0.2, 0) is 9.59 Å². The van der Waals surface area contributed by atoms with Gasteiger partial charge >= 0.3 is 0 Å². The number of halogens is 2. The largest absolute Gasteiger partial charge is 0.507 e. The summed E-state index contributed by atoms with van der Waals surface area (Å²) in [6.07, 6.45) is 1.57. The predicted molar refractivity (Wildman–Crippen MR) is 133 cm³/mol. The van der Waals surface area contributed by atoms with Gasteiger partial charge < -0.3 is 10.1 Å². The molecule has 6 rings (SSSR count). The van der Waals surface area contributed by atoms with Crippen LogP contribution in [0.1, 0.15) is 17.2 Å². The molecule has 1 atom stereocenters. The lowest BCUT2D eigenvalue weighted by molar-refractivity contribution is -0.132. The van der Waals surface area contributed by atoms with Crippen molar-refractivity contribution >= 4 is 44.8 Å². The number of nitrogens with one attached hydrogen (secondary N) is 1. The van der Waals surface area contributed by atoms with Gasteiger partial charge in [-0.05, 0) is 34.5 Å². The maximum Gasteiger partial charge on any atom is 0.300 e. The van der Waals surface area contributed by atoms with Crippen molar-refractivity contribution in [1.29, 1.82) is 0 Å². The minimum Gasteiger partial charge on any atom is -0.507 e. The number of fused-ring (bicyclic) bond motifs is 2. The first kappa shape index (κ1) is 21.7. The van der Waals surface area contributed by atoms with Crippen molar-refractivity contribution in [2.24, 2.45) is 0 Å². The Labute approximate surface area is 203 Å². The number of ketones is 1. The zero-order chi connectivity index (χ0) is 25.0. The molecule has 176 valence electrons. The highest BCUT2D eigenvalue weighted by molar-refractivity contribution is 6.52. The second-order valence-electron chi connectivity index (χ2n) is 8.58. The van der Waals surface area contributed by atoms with Crippen LogP contribution in [0.25, 0.3) is 27.4 Å². The van der Waals surface area contributed by atoms with Crippen LogP contribution in [0.3, 0.4) is 0 Å². The van der Waals surface area contributed by atoms with Crippen LogP contribution in [-0.4, -0.2) is 21.8 Å². The Morgan fingerprint density at radius 3 is 2.36 bits per heavy atom. The Hall–Kier alpha value is -4.78. The number of nitrogens with zero attached hydrogens (tertiary/aromatic N) is 1. The molecule has 0 saturated carbocycles. The molecule has 0 bridgehead atoms. The van der Waals surface area contributed by atoms with Crippen LogP contribution in [0.15, 0.2) is 96.7 Å². The molecule has 4 aromatic carbocycles. The van der Waals surface area contributed by atoms with E-state index < -0.39 is 29.4 Å². The highest BCUT2D eigenvalue weighted by Gasteiger charge is 2.47. The number of aliphatic hydroxyl groups excluding tert-OH is 1. The van der Waals surface area contributed by atoms with Gasteiger partial charge in [-0.25, -0.2) is 8.78 Å². The number of hydrogen-bond acceptors (Lipinski definition) is 3. The highest BCUT2D eigenvalue weighted by Crippen LogP contribution is 2.45. The molecule has 1 aromatic heterocycles. The number of Topliss-reactive ketones (excluding diaryl/α,β-unsaturated/α-hetero) is 1. The maximum absolute atomic E-state index is 14.2. The van der Waals surface area contributed by atoms with Crippen molar-refractivity contribution in [1.82, 2.24) is 4.98 Å². The van der Waals surface area contributed by atoms with Gasteiger partial charge in [-0.2, -0.15) is 0 Å². The fourth-order valence-electron chi connectivity index (χ4n) is 4.93. The molecule has 1 unspecified atom stereocenters. The Kier molecular flexibility index (Phi) is 4.93. The Bertz CT molecular complexity index is 1730. The molecule has 2 heterocycles. The third-order valence-corrected chi connectivity index (χ3v) is 6.59. The number of carbonyl (C=O) groups excluding carboxylic acids is 2. The van der Waals surface area contributed by atoms with E-state index in [1.807, 2.05) is 42.5 Å². The molecule has 5 nitrogen and oxygen atoms in total. The highest BCUT2D eigenvalue weighted by atomic mass is 19.2. The van der Waals surface area contributed by atoms with E-state index in [2.05, 4.69) is 4.98 Å². The van der Waals surface area contributed by atoms with Gasteiger partial charge in [-0.1, -0.05) is 60.7 Å². The summed E-state index contributed by atoms with van der Waals surface area (Å²) in [6.45, 7) is 0. The average Bonchev–Trinajstić information content (AvgIpc) is 3.44. The first-order valence-corrected chi connectivity index (χ1v) is 11.3. The first-order valence-electron chi connectivity index (χ1n) is 11.3. The van der Waals surface area contributed by atoms with E-state index in [1.54, 1.807) is 30.5 Å². The maximum atomic E-state index is 14.2. The van der Waals surface area contributed by atoms with Crippen LogP contribution >= 0.6 is 0 Å². The van der Waals surface area contributed by atoms with E-state index in [4.69, 9.17) is 0 Å². The van der Waals surface area contributed by atoms with E-state index in [9.17, 15) is 23.5 Å². The molecular formula is C29H18F2N2O3. The number of benzene rings is 4. The van der Waals surface area contributed by atoms with E-state index in [1.165, 1.54) is 6.07 Å². The molecule has 0 aliphatic carbocycles. The molecule has 1 aliphatic heterocycles. The second-order valence-corrected chi connectivity index (χ2v) is 8.58. The van der Waals surface area contributed by atoms with Gasteiger partial charge in [0.2, 0.25) is 0 Å². The smallest absolute Gasteiger partial charge is 0.300 e. The van der Waals surface area contributed by atoms with Gasteiger partial charge in [-0.15, -0.1) is 0 Å². The van der Waals surface area contributed by atoms with Crippen LogP contribution in [0, 0.1) is 11.6 Å². The van der Waals surface area contributed by atoms with Gasteiger partial charge in [0.05, 0.1) is 11.6 Å². The van der Waals surface area contributed by atoms with Crippen molar-refractivity contribution in [3.05, 3.63) is 119 Å². The average molecular weight is 480 g/mol. The minimum atomic E-state index is -1.15. The summed E-state index contributed by atoms with van der Waals surface area (Å²) in [6, 6.07) is 22.1. The molecule has 1 aliphatic rings. The second kappa shape index (κ2) is 8.16. The summed E-state index contributed by atoms with van der Waals surface area (Å²) < 4.78 is 28.0. The molecule has 5 aromatic rings. The predicted octanol–water partition coefficient (Wildman–Crippen LogP) is 6.23. The number of carbonyl (C=O) groups is 2. The number of H-pyrrole nitrogens is 1. The van der Waals surface area contributed by atoms with Crippen LogP contribution in [0.5, 0.6) is 0 Å². The Morgan fingerprint density at radius 2 is 1.56 bits per heavy atom. The van der Waals surface area contributed by atoms with Crippen LogP contribution < -0.4 is 4.90 Å². The summed E-state index contributed by atoms with van der Waals surface area (Å²) >= 11 is 0. The number of hydrogen-bond donors (Lipinski definition) is 2. The van der Waals surface area contributed by atoms with Crippen molar-refractivity contribution in [2.75, 3.05) is 4.90 Å². The molecule has 36 heavy (non-hydrogen) atoms. The zero-order valence-corrected chi connectivity index (χ0v) is 18.7. The van der Waals surface area contributed by atoms with Gasteiger partial charge in [0.15, 0.2) is 11.6 Å². The van der Waals surface area contributed by atoms with Crippen LogP contribution in [0.4, 0.5) is 14.5 Å². The van der Waals surface area contributed by atoms with E-state index in [-0.39, 0.29) is 17.0 Å². The number of aromatic amines is 1. The van der Waals surface area contributed by atoms with E-state index >= 15 is 0 Å². The lowest BCUT2D eigenvalue weighted by atomic mass is 9.91. The number of rotatable bonds is 3. The summed E-state index contributed by atoms with van der Waals surface area (Å²) in [7, 11) is 0. The third kappa shape index (κ3) is 3.20. The lowest BCUT2D eigenvalue weighted by Crippen LogP contribution is -2.29. The Balaban J connectivity index is 1.66. The fourth-order valence-corrected chi connectivity index (χ4v) is 4.93. The van der Waals surface area contributed by atoms with Gasteiger partial charge in [0, 0.05) is 34.4 Å². The number of anilines is 1. The zero-order valence-electron chi connectivity index (χ0n) is 18.7. The molecule has 0 radical (unpaired) electrons. The fraction of sp³-hybridized carbons (Fsp3) is 0.0345. The summed E-state index contributed by atoms with van der Waals surface area (Å²) in [5.74, 6) is -4.44. The number of aliphatic hydroxyl groups is 1. The molecule has 2 N–H and O–H groups in total. The Morgan fingerprint density at radius 1 is 0.833 bits per heavy atom. The molecule has 1 saturated heterocycles. The van der Waals surface area contributed by atoms with E-state index in [0.29, 0.717) is 16.5 Å². The van der Waals surface area contributed by atoms with E-state index in [0.717, 1.165) is 33.3 Å². The lowest BCUT2D eigenvalue weighted by Gasteiger charge is -2.26. The molecule has 7 heteroatoms. The van der Waals surface area contributed by atoms with Crippen molar-refractivity contribution < 1.29 is 23.5 Å². The van der Waals surface area contributed by atoms with Crippen molar-refractivity contribution in [3.63, 3.8) is 0 Å². The molecule has 1 fully saturated rings. The summed E-state index contributed by atoms with van der Waals surface area (Å²) in [5.41, 5.74) is 1.55. The van der Waals surface area contributed by atoms with Gasteiger partial charge in [0.25, 0.3) is 11.7 Å². The van der Waals surface area contributed by atoms with Gasteiger partial charge in [0.1, 0.15) is 5.76 Å². The van der Waals surface area contributed by atoms with Crippen molar-refractivity contribution in [2.45, 2.75) is 6.04 Å².